The molecule has 0 atom stereocenters. The maximum Gasteiger partial charge on any atom is 0.190 e. The number of rotatable bonds is 9. The lowest BCUT2D eigenvalue weighted by Crippen LogP contribution is -2.38. The summed E-state index contributed by atoms with van der Waals surface area (Å²) in [6.07, 6.45) is 8.14. The zero-order valence-electron chi connectivity index (χ0n) is 14.7. The van der Waals surface area contributed by atoms with E-state index in [1.54, 1.807) is 11.3 Å². The molecule has 24 heavy (non-hydrogen) atoms. The number of guanidine groups is 1. The number of nitrogens with zero attached hydrogens (tertiary/aromatic N) is 3. The predicted molar refractivity (Wildman–Crippen MR) is 120 cm³/mol. The van der Waals surface area contributed by atoms with Gasteiger partial charge in [0.15, 0.2) is 11.1 Å². The molecule has 0 radical (unpaired) electrons. The van der Waals surface area contributed by atoms with Crippen LogP contribution in [0.15, 0.2) is 10.4 Å². The van der Waals surface area contributed by atoms with Crippen molar-refractivity contribution in [3.63, 3.8) is 0 Å². The minimum atomic E-state index is 0. The van der Waals surface area contributed by atoms with Gasteiger partial charge in [-0.25, -0.2) is 4.98 Å². The van der Waals surface area contributed by atoms with Crippen molar-refractivity contribution < 1.29 is 0 Å². The Balaban J connectivity index is 0.00000288. The van der Waals surface area contributed by atoms with Gasteiger partial charge < -0.3 is 15.5 Å². The topological polar surface area (TPSA) is 52.6 Å². The summed E-state index contributed by atoms with van der Waals surface area (Å²) >= 11 is 3.68. The summed E-state index contributed by atoms with van der Waals surface area (Å²) in [6.45, 7) is 4.18. The van der Waals surface area contributed by atoms with Crippen LogP contribution in [0, 0.1) is 0 Å². The van der Waals surface area contributed by atoms with Gasteiger partial charge in [0, 0.05) is 45.0 Å². The van der Waals surface area contributed by atoms with Crippen molar-refractivity contribution in [1.29, 1.82) is 0 Å². The summed E-state index contributed by atoms with van der Waals surface area (Å²) in [4.78, 5) is 11.4. The van der Waals surface area contributed by atoms with E-state index < -0.39 is 0 Å². The molecule has 0 amide bonds. The van der Waals surface area contributed by atoms with Gasteiger partial charge in [-0.05, 0) is 37.7 Å². The normalized spacial score (nSPS) is 14.6. The van der Waals surface area contributed by atoms with E-state index in [1.165, 1.54) is 42.3 Å². The Kier molecular flexibility index (Phi) is 11.9. The molecular weight excluding hydrogens is 453 g/mol. The largest absolute Gasteiger partial charge is 0.356 e. The summed E-state index contributed by atoms with van der Waals surface area (Å²) in [5.74, 6) is 2.13. The van der Waals surface area contributed by atoms with Crippen LogP contribution in [-0.4, -0.2) is 56.2 Å². The first-order valence-corrected chi connectivity index (χ1v) is 10.7. The number of aromatic nitrogens is 1. The van der Waals surface area contributed by atoms with E-state index in [0.29, 0.717) is 0 Å². The van der Waals surface area contributed by atoms with E-state index in [2.05, 4.69) is 32.2 Å². The highest BCUT2D eigenvalue weighted by Gasteiger charge is 2.15. The van der Waals surface area contributed by atoms with E-state index in [4.69, 9.17) is 4.98 Å². The summed E-state index contributed by atoms with van der Waals surface area (Å²) in [5.41, 5.74) is 1.18. The fraction of sp³-hybridized carbons (Fsp3) is 0.750. The van der Waals surface area contributed by atoms with Crippen LogP contribution in [0.5, 0.6) is 0 Å². The Labute approximate surface area is 171 Å². The molecule has 0 bridgehead atoms. The number of hydrogen-bond acceptors (Lipinski definition) is 5. The van der Waals surface area contributed by atoms with Crippen LogP contribution in [0.3, 0.4) is 0 Å². The zero-order chi connectivity index (χ0) is 16.3. The third kappa shape index (κ3) is 7.77. The molecule has 0 aliphatic carbocycles. The maximum absolute atomic E-state index is 4.75. The van der Waals surface area contributed by atoms with Gasteiger partial charge in [-0.1, -0.05) is 0 Å². The maximum atomic E-state index is 4.75. The van der Waals surface area contributed by atoms with Gasteiger partial charge in [0.25, 0.3) is 0 Å². The fourth-order valence-electron chi connectivity index (χ4n) is 2.57. The second kappa shape index (κ2) is 13.0. The first-order chi connectivity index (χ1) is 11.3. The molecule has 2 heterocycles. The van der Waals surface area contributed by atoms with Crippen LogP contribution in [0.2, 0.25) is 0 Å². The van der Waals surface area contributed by atoms with Crippen molar-refractivity contribution in [2.24, 2.45) is 4.99 Å². The molecule has 2 rings (SSSR count). The molecule has 1 aromatic rings. The molecule has 5 nitrogen and oxygen atoms in total. The lowest BCUT2D eigenvalue weighted by molar-refractivity contribution is 0.729. The average Bonchev–Trinajstić information content (AvgIpc) is 3.24. The number of thiazole rings is 1. The Morgan fingerprint density at radius 1 is 1.29 bits per heavy atom. The fourth-order valence-corrected chi connectivity index (χ4v) is 3.98. The minimum Gasteiger partial charge on any atom is -0.356 e. The lowest BCUT2D eigenvalue weighted by Gasteiger charge is -2.12. The third-order valence-electron chi connectivity index (χ3n) is 3.88. The van der Waals surface area contributed by atoms with E-state index in [0.717, 1.165) is 38.6 Å². The second-order valence-electron chi connectivity index (χ2n) is 5.69. The lowest BCUT2D eigenvalue weighted by atomic mass is 10.3. The number of nitrogens with one attached hydrogen (secondary N) is 2. The van der Waals surface area contributed by atoms with Crippen LogP contribution >= 0.6 is 47.1 Å². The standard InChI is InChI=1S/C16H29N5S2.HI/c1-17-15(18-8-3-6-12-22-2)19-9-7-14-13-23-16(20-14)21-10-4-5-11-21;/h13H,3-12H2,1-2H3,(H2,17,18,19);1H. The van der Waals surface area contributed by atoms with E-state index in [1.807, 2.05) is 18.8 Å². The van der Waals surface area contributed by atoms with Crippen LogP contribution in [0.1, 0.15) is 31.4 Å². The van der Waals surface area contributed by atoms with Gasteiger partial charge in [0.2, 0.25) is 0 Å². The molecule has 0 spiro atoms. The molecule has 1 aliphatic rings. The van der Waals surface area contributed by atoms with Crippen LogP contribution in [-0.2, 0) is 6.42 Å². The zero-order valence-corrected chi connectivity index (χ0v) is 18.7. The minimum absolute atomic E-state index is 0. The van der Waals surface area contributed by atoms with Crippen molar-refractivity contribution in [3.05, 3.63) is 11.1 Å². The van der Waals surface area contributed by atoms with Crippen molar-refractivity contribution in [2.45, 2.75) is 32.1 Å². The monoisotopic (exact) mass is 483 g/mol. The highest BCUT2D eigenvalue weighted by molar-refractivity contribution is 14.0. The Morgan fingerprint density at radius 2 is 2.04 bits per heavy atom. The van der Waals surface area contributed by atoms with Gasteiger partial charge in [0.05, 0.1) is 5.69 Å². The number of thioether (sulfide) groups is 1. The van der Waals surface area contributed by atoms with Crippen molar-refractivity contribution in [1.82, 2.24) is 15.6 Å². The van der Waals surface area contributed by atoms with Gasteiger partial charge in [0.1, 0.15) is 0 Å². The molecule has 1 fully saturated rings. The van der Waals surface area contributed by atoms with Crippen LogP contribution < -0.4 is 15.5 Å². The molecule has 2 N–H and O–H groups in total. The molecule has 1 aliphatic heterocycles. The molecule has 0 aromatic carbocycles. The number of aliphatic imine (C=N–C) groups is 1. The van der Waals surface area contributed by atoms with E-state index in [9.17, 15) is 0 Å². The molecule has 0 saturated carbocycles. The summed E-state index contributed by atoms with van der Waals surface area (Å²) < 4.78 is 0. The summed E-state index contributed by atoms with van der Waals surface area (Å²) in [7, 11) is 1.82. The van der Waals surface area contributed by atoms with Crippen LogP contribution in [0.25, 0.3) is 0 Å². The van der Waals surface area contributed by atoms with Crippen LogP contribution in [0.4, 0.5) is 5.13 Å². The molecule has 1 aromatic heterocycles. The van der Waals surface area contributed by atoms with Gasteiger partial charge >= 0.3 is 0 Å². The third-order valence-corrected chi connectivity index (χ3v) is 5.53. The summed E-state index contributed by atoms with van der Waals surface area (Å²) in [5, 5.41) is 10.1. The van der Waals surface area contributed by atoms with Gasteiger partial charge in [-0.15, -0.1) is 35.3 Å². The van der Waals surface area contributed by atoms with Crippen molar-refractivity contribution in [2.75, 3.05) is 50.1 Å². The molecular formula is C16H30IN5S2. The SMILES string of the molecule is CN=C(NCCCCSC)NCCc1csc(N2CCCC2)n1.I. The number of hydrogen-bond donors (Lipinski definition) is 2. The molecule has 0 unspecified atom stereocenters. The van der Waals surface area contributed by atoms with E-state index in [-0.39, 0.29) is 24.0 Å². The quantitative estimate of drug-likeness (QED) is 0.245. The average molecular weight is 483 g/mol. The highest BCUT2D eigenvalue weighted by atomic mass is 127. The first-order valence-electron chi connectivity index (χ1n) is 8.46. The Morgan fingerprint density at radius 3 is 2.75 bits per heavy atom. The first kappa shape index (κ1) is 21.8. The second-order valence-corrected chi connectivity index (χ2v) is 7.51. The van der Waals surface area contributed by atoms with Gasteiger partial charge in [-0.2, -0.15) is 11.8 Å². The number of halogens is 1. The predicted octanol–water partition coefficient (Wildman–Crippen LogP) is 3.21. The van der Waals surface area contributed by atoms with Crippen molar-refractivity contribution in [3.8, 4) is 0 Å². The molecule has 1 saturated heterocycles. The molecule has 138 valence electrons. The Hall–Kier alpha value is -0.220. The Bertz CT molecular complexity index is 475. The number of unbranched alkanes of at least 4 members (excludes halogenated alkanes) is 1. The summed E-state index contributed by atoms with van der Waals surface area (Å²) in [6, 6.07) is 0. The highest BCUT2D eigenvalue weighted by Crippen LogP contribution is 2.24. The van der Waals surface area contributed by atoms with E-state index >= 15 is 0 Å². The van der Waals surface area contributed by atoms with Gasteiger partial charge in [-0.3, -0.25) is 4.99 Å². The molecule has 8 heteroatoms. The smallest absolute Gasteiger partial charge is 0.190 e. The van der Waals surface area contributed by atoms with Crippen molar-refractivity contribution >= 4 is 58.2 Å². The number of anilines is 1.